The lowest BCUT2D eigenvalue weighted by Gasteiger charge is -2.38. The van der Waals surface area contributed by atoms with Gasteiger partial charge in [0, 0.05) is 18.2 Å². The van der Waals surface area contributed by atoms with Crippen molar-refractivity contribution in [2.45, 2.75) is 44.2 Å². The van der Waals surface area contributed by atoms with Crippen LogP contribution in [-0.2, 0) is 4.74 Å². The topological polar surface area (TPSA) is 30.5 Å². The summed E-state index contributed by atoms with van der Waals surface area (Å²) in [4.78, 5) is 0. The van der Waals surface area contributed by atoms with Crippen molar-refractivity contribution < 1.29 is 9.47 Å². The van der Waals surface area contributed by atoms with E-state index < -0.39 is 0 Å². The number of nitrogens with one attached hydrogen (secondary N) is 1. The Morgan fingerprint density at radius 3 is 2.93 bits per heavy atom. The monoisotopic (exact) mass is 361 g/mol. The maximum Gasteiger partial charge on any atom is 0.119 e. The van der Waals surface area contributed by atoms with Gasteiger partial charge >= 0.3 is 0 Å². The number of hydrogen-bond acceptors (Lipinski definition) is 3. The van der Waals surface area contributed by atoms with Crippen molar-refractivity contribution >= 4 is 5.69 Å². The predicted octanol–water partition coefficient (Wildman–Crippen LogP) is 5.38. The van der Waals surface area contributed by atoms with Gasteiger partial charge in [0.2, 0.25) is 0 Å². The molecule has 1 saturated heterocycles. The van der Waals surface area contributed by atoms with Gasteiger partial charge in [-0.25, -0.2) is 0 Å². The molecule has 2 aliphatic heterocycles. The molecular weight excluding hydrogens is 334 g/mol. The second kappa shape index (κ2) is 7.05. The fraction of sp³-hybridized carbons (Fsp3) is 0.417. The summed E-state index contributed by atoms with van der Waals surface area (Å²) in [6.07, 6.45) is 8.37. The molecule has 5 rings (SSSR count). The second-order valence-electron chi connectivity index (χ2n) is 8.03. The largest absolute Gasteiger partial charge is 0.491 e. The summed E-state index contributed by atoms with van der Waals surface area (Å²) in [5, 5.41) is 3.83. The molecule has 3 heteroatoms. The van der Waals surface area contributed by atoms with E-state index in [0.29, 0.717) is 24.5 Å². The van der Waals surface area contributed by atoms with Crippen LogP contribution in [0.3, 0.4) is 0 Å². The molecule has 27 heavy (non-hydrogen) atoms. The lowest BCUT2D eigenvalue weighted by atomic mass is 9.76. The lowest BCUT2D eigenvalue weighted by Crippen LogP contribution is -2.29. The highest BCUT2D eigenvalue weighted by Gasteiger charge is 2.38. The Hall–Kier alpha value is -2.26. The van der Waals surface area contributed by atoms with Gasteiger partial charge in [-0.05, 0) is 67.0 Å². The number of hydrogen-bond donors (Lipinski definition) is 1. The standard InChI is InChI=1S/C24H27NO2/c1-16-6-2-3-8-19(16)24-21-10-4-9-20(21)22-14-17(11-12-23(22)25-24)27-15-18-7-5-13-26-18/h2-4,6,8-9,11-12,14,18,20-21,24-25H,5,7,10,13,15H2,1H3. The van der Waals surface area contributed by atoms with E-state index in [-0.39, 0.29) is 6.10 Å². The van der Waals surface area contributed by atoms with Gasteiger partial charge < -0.3 is 14.8 Å². The van der Waals surface area contributed by atoms with E-state index in [2.05, 4.69) is 66.9 Å². The van der Waals surface area contributed by atoms with E-state index in [1.807, 2.05) is 0 Å². The highest BCUT2D eigenvalue weighted by atomic mass is 16.5. The Morgan fingerprint density at radius 1 is 1.15 bits per heavy atom. The maximum absolute atomic E-state index is 6.06. The average molecular weight is 361 g/mol. The second-order valence-corrected chi connectivity index (χ2v) is 8.03. The SMILES string of the molecule is Cc1ccccc1C1Nc2ccc(OCC3CCCO3)cc2C2C=CCC21. The fourth-order valence-corrected chi connectivity index (χ4v) is 4.87. The number of fused-ring (bicyclic) bond motifs is 3. The molecule has 4 unspecified atom stereocenters. The number of aryl methyl sites for hydroxylation is 1. The van der Waals surface area contributed by atoms with Crippen molar-refractivity contribution in [3.63, 3.8) is 0 Å². The lowest BCUT2D eigenvalue weighted by molar-refractivity contribution is 0.0679. The third-order valence-corrected chi connectivity index (χ3v) is 6.32. The Bertz CT molecular complexity index is 853. The number of benzene rings is 2. The number of anilines is 1. The molecule has 1 N–H and O–H groups in total. The normalized spacial score (nSPS) is 28.5. The minimum absolute atomic E-state index is 0.253. The highest BCUT2D eigenvalue weighted by molar-refractivity contribution is 5.62. The zero-order valence-electron chi connectivity index (χ0n) is 15.9. The van der Waals surface area contributed by atoms with Gasteiger partial charge in [-0.1, -0.05) is 36.4 Å². The molecule has 3 nitrogen and oxygen atoms in total. The van der Waals surface area contributed by atoms with Crippen LogP contribution in [0.2, 0.25) is 0 Å². The predicted molar refractivity (Wildman–Crippen MR) is 108 cm³/mol. The molecule has 0 bridgehead atoms. The summed E-state index contributed by atoms with van der Waals surface area (Å²) >= 11 is 0. The molecule has 0 aromatic heterocycles. The molecule has 3 aliphatic rings. The molecule has 4 atom stereocenters. The third-order valence-electron chi connectivity index (χ3n) is 6.32. The third kappa shape index (κ3) is 3.14. The molecule has 0 saturated carbocycles. The summed E-state index contributed by atoms with van der Waals surface area (Å²) in [7, 11) is 0. The zero-order valence-corrected chi connectivity index (χ0v) is 15.9. The average Bonchev–Trinajstić information content (AvgIpc) is 3.38. The van der Waals surface area contributed by atoms with Crippen molar-refractivity contribution in [2.24, 2.45) is 5.92 Å². The summed E-state index contributed by atoms with van der Waals surface area (Å²) < 4.78 is 11.7. The molecule has 1 aliphatic carbocycles. The first-order chi connectivity index (χ1) is 13.3. The van der Waals surface area contributed by atoms with Crippen LogP contribution >= 0.6 is 0 Å². The Balaban J connectivity index is 1.41. The summed E-state index contributed by atoms with van der Waals surface area (Å²) in [5.74, 6) is 1.98. The Labute approximate surface area is 161 Å². The van der Waals surface area contributed by atoms with Gasteiger partial charge in [-0.3, -0.25) is 0 Å². The number of rotatable bonds is 4. The van der Waals surface area contributed by atoms with Crippen LogP contribution in [0.25, 0.3) is 0 Å². The first-order valence-electron chi connectivity index (χ1n) is 10.2. The number of allylic oxidation sites excluding steroid dienone is 2. The van der Waals surface area contributed by atoms with Crippen molar-refractivity contribution in [1.82, 2.24) is 0 Å². The van der Waals surface area contributed by atoms with Gasteiger partial charge in [-0.2, -0.15) is 0 Å². The van der Waals surface area contributed by atoms with Gasteiger partial charge in [0.05, 0.1) is 12.1 Å². The molecule has 1 fully saturated rings. The quantitative estimate of drug-likeness (QED) is 0.742. The fourth-order valence-electron chi connectivity index (χ4n) is 4.87. The van der Waals surface area contributed by atoms with E-state index in [4.69, 9.17) is 9.47 Å². The van der Waals surface area contributed by atoms with Crippen LogP contribution in [0.4, 0.5) is 5.69 Å². The molecule has 140 valence electrons. The molecule has 2 aromatic carbocycles. The van der Waals surface area contributed by atoms with E-state index in [1.54, 1.807) is 0 Å². The first kappa shape index (κ1) is 16.9. The van der Waals surface area contributed by atoms with Gasteiger partial charge in [0.15, 0.2) is 0 Å². The molecular formula is C24H27NO2. The van der Waals surface area contributed by atoms with Gasteiger partial charge in [-0.15, -0.1) is 0 Å². The van der Waals surface area contributed by atoms with Crippen molar-refractivity contribution in [3.8, 4) is 5.75 Å². The molecule has 2 heterocycles. The molecule has 0 spiro atoms. The van der Waals surface area contributed by atoms with Crippen LogP contribution in [0.5, 0.6) is 5.75 Å². The van der Waals surface area contributed by atoms with Crippen LogP contribution in [0.1, 0.15) is 47.9 Å². The maximum atomic E-state index is 6.06. The van der Waals surface area contributed by atoms with Crippen molar-refractivity contribution in [2.75, 3.05) is 18.5 Å². The van der Waals surface area contributed by atoms with Gasteiger partial charge in [0.25, 0.3) is 0 Å². The summed E-state index contributed by atoms with van der Waals surface area (Å²) in [6.45, 7) is 3.74. The highest BCUT2D eigenvalue weighted by Crippen LogP contribution is 2.50. The van der Waals surface area contributed by atoms with Crippen LogP contribution in [0.15, 0.2) is 54.6 Å². The zero-order chi connectivity index (χ0) is 18.2. The number of ether oxygens (including phenoxy) is 2. The minimum Gasteiger partial charge on any atom is -0.491 e. The van der Waals surface area contributed by atoms with Gasteiger partial charge in [0.1, 0.15) is 12.4 Å². The van der Waals surface area contributed by atoms with E-state index in [9.17, 15) is 0 Å². The van der Waals surface area contributed by atoms with E-state index >= 15 is 0 Å². The summed E-state index contributed by atoms with van der Waals surface area (Å²) in [6, 6.07) is 15.6. The van der Waals surface area contributed by atoms with Crippen LogP contribution in [-0.4, -0.2) is 19.3 Å². The molecule has 0 radical (unpaired) electrons. The summed E-state index contributed by atoms with van der Waals surface area (Å²) in [5.41, 5.74) is 5.38. The minimum atomic E-state index is 0.253. The Kier molecular flexibility index (Phi) is 4.41. The first-order valence-corrected chi connectivity index (χ1v) is 10.2. The molecule has 2 aromatic rings. The van der Waals surface area contributed by atoms with Crippen LogP contribution in [0, 0.1) is 12.8 Å². The van der Waals surface area contributed by atoms with E-state index in [0.717, 1.165) is 31.6 Å². The van der Waals surface area contributed by atoms with Crippen molar-refractivity contribution in [1.29, 1.82) is 0 Å². The van der Waals surface area contributed by atoms with Crippen molar-refractivity contribution in [3.05, 3.63) is 71.3 Å². The van der Waals surface area contributed by atoms with E-state index in [1.165, 1.54) is 22.4 Å². The molecule has 0 amide bonds. The Morgan fingerprint density at radius 2 is 2.07 bits per heavy atom. The van der Waals surface area contributed by atoms with Crippen LogP contribution < -0.4 is 10.1 Å². The smallest absolute Gasteiger partial charge is 0.119 e.